The van der Waals surface area contributed by atoms with Crippen LogP contribution in [0, 0.1) is 11.7 Å². The van der Waals surface area contributed by atoms with E-state index in [0.717, 1.165) is 17.7 Å². The molecule has 4 aromatic rings. The summed E-state index contributed by atoms with van der Waals surface area (Å²) in [7, 11) is 1.41. The number of anilines is 2. The fourth-order valence-corrected chi connectivity index (χ4v) is 5.10. The van der Waals surface area contributed by atoms with Gasteiger partial charge in [0.05, 0.1) is 55.1 Å². The largest absolute Gasteiger partial charge is 0.492 e. The van der Waals surface area contributed by atoms with E-state index in [0.29, 0.717) is 65.3 Å². The zero-order chi connectivity index (χ0) is 25.1. The third-order valence-corrected chi connectivity index (χ3v) is 7.17. The Labute approximate surface area is 211 Å². The number of benzene rings is 1. The number of amides is 1. The first-order chi connectivity index (χ1) is 18.1. The predicted molar refractivity (Wildman–Crippen MR) is 134 cm³/mol. The quantitative estimate of drug-likeness (QED) is 0.349. The molecule has 7 rings (SSSR count). The fourth-order valence-electron chi connectivity index (χ4n) is 5.10. The fraction of sp³-hybridized carbons (Fsp3) is 0.296. The third-order valence-electron chi connectivity index (χ3n) is 7.17. The molecule has 9 nitrogen and oxygen atoms in total. The van der Waals surface area contributed by atoms with Gasteiger partial charge in [-0.25, -0.2) is 9.37 Å². The van der Waals surface area contributed by atoms with Crippen molar-refractivity contribution in [2.75, 3.05) is 32.2 Å². The number of H-pyrrole nitrogens is 1. The number of hydrogen-bond donors (Lipinski definition) is 3. The zero-order valence-electron chi connectivity index (χ0n) is 20.0. The average Bonchev–Trinajstić information content (AvgIpc) is 3.55. The van der Waals surface area contributed by atoms with Gasteiger partial charge in [-0.05, 0) is 30.7 Å². The Bertz CT molecular complexity index is 1550. The van der Waals surface area contributed by atoms with Gasteiger partial charge in [-0.1, -0.05) is 6.07 Å². The maximum Gasteiger partial charge on any atom is 0.255 e. The van der Waals surface area contributed by atoms with E-state index in [1.165, 1.54) is 13.2 Å². The second kappa shape index (κ2) is 8.45. The van der Waals surface area contributed by atoms with Crippen LogP contribution in [0.4, 0.5) is 15.8 Å². The molecule has 37 heavy (non-hydrogen) atoms. The number of nitrogens with one attached hydrogen (secondary N) is 3. The Morgan fingerprint density at radius 2 is 2.11 bits per heavy atom. The number of rotatable bonds is 7. The van der Waals surface area contributed by atoms with Gasteiger partial charge in [0.15, 0.2) is 11.6 Å². The van der Waals surface area contributed by atoms with Gasteiger partial charge >= 0.3 is 0 Å². The van der Waals surface area contributed by atoms with E-state index in [-0.39, 0.29) is 23.6 Å². The topological polar surface area (TPSA) is 110 Å². The van der Waals surface area contributed by atoms with Crippen LogP contribution in [0.25, 0.3) is 22.3 Å². The lowest BCUT2D eigenvalue weighted by molar-refractivity contribution is -0.0513. The molecule has 10 heteroatoms. The van der Waals surface area contributed by atoms with E-state index in [4.69, 9.17) is 19.2 Å². The molecule has 3 N–H and O–H groups in total. The molecule has 2 aliphatic heterocycles. The summed E-state index contributed by atoms with van der Waals surface area (Å²) >= 11 is 0. The van der Waals surface area contributed by atoms with Gasteiger partial charge in [-0.15, -0.1) is 0 Å². The van der Waals surface area contributed by atoms with Crippen LogP contribution >= 0.6 is 0 Å². The highest BCUT2D eigenvalue weighted by atomic mass is 19.1. The van der Waals surface area contributed by atoms with Gasteiger partial charge in [-0.3, -0.25) is 9.78 Å². The van der Waals surface area contributed by atoms with E-state index in [9.17, 15) is 9.18 Å². The van der Waals surface area contributed by atoms with E-state index in [1.807, 2.05) is 12.1 Å². The minimum atomic E-state index is -0.500. The summed E-state index contributed by atoms with van der Waals surface area (Å²) in [4.78, 5) is 25.9. The molecule has 3 aliphatic rings. The van der Waals surface area contributed by atoms with Gasteiger partial charge in [0.25, 0.3) is 5.91 Å². The first-order valence-corrected chi connectivity index (χ1v) is 12.2. The second-order valence-corrected chi connectivity index (χ2v) is 9.62. The van der Waals surface area contributed by atoms with E-state index in [2.05, 4.69) is 20.6 Å². The smallest absolute Gasteiger partial charge is 0.255 e. The maximum absolute atomic E-state index is 14.5. The number of aromatic nitrogens is 3. The highest BCUT2D eigenvalue weighted by Crippen LogP contribution is 2.50. The van der Waals surface area contributed by atoms with Gasteiger partial charge < -0.3 is 29.8 Å². The predicted octanol–water partition coefficient (Wildman–Crippen LogP) is 4.14. The molecular formula is C27H24FN5O4. The van der Waals surface area contributed by atoms with E-state index < -0.39 is 5.82 Å². The third kappa shape index (κ3) is 3.67. The summed E-state index contributed by atoms with van der Waals surface area (Å²) in [6.07, 6.45) is 2.58. The Kier molecular flexibility index (Phi) is 5.03. The summed E-state index contributed by atoms with van der Waals surface area (Å²) in [5.41, 5.74) is 5.07. The number of carbonyl (C=O) groups excluding carboxylic acids is 1. The van der Waals surface area contributed by atoms with Crippen LogP contribution in [-0.4, -0.2) is 53.8 Å². The summed E-state index contributed by atoms with van der Waals surface area (Å²) in [6.45, 7) is 1.91. The van der Waals surface area contributed by atoms with Crippen molar-refractivity contribution in [2.24, 2.45) is 5.92 Å². The van der Waals surface area contributed by atoms with Crippen molar-refractivity contribution in [3.63, 3.8) is 0 Å². The molecule has 1 amide bonds. The molecule has 0 bridgehead atoms. The lowest BCUT2D eigenvalue weighted by atomic mass is 10.0. The Balaban J connectivity index is 1.37. The summed E-state index contributed by atoms with van der Waals surface area (Å²) in [5.74, 6) is 0.458. The van der Waals surface area contributed by atoms with Gasteiger partial charge in [0.2, 0.25) is 5.88 Å². The van der Waals surface area contributed by atoms with Crippen LogP contribution in [0.5, 0.6) is 11.6 Å². The molecule has 0 unspecified atom stereocenters. The lowest BCUT2D eigenvalue weighted by Crippen LogP contribution is -2.32. The molecule has 2 fully saturated rings. The molecule has 1 aliphatic carbocycles. The Hall–Kier alpha value is -4.18. The van der Waals surface area contributed by atoms with Crippen LogP contribution in [0.3, 0.4) is 0 Å². The van der Waals surface area contributed by atoms with E-state index >= 15 is 0 Å². The van der Waals surface area contributed by atoms with Crippen LogP contribution < -0.4 is 20.1 Å². The molecule has 0 radical (unpaired) electrons. The van der Waals surface area contributed by atoms with Crippen molar-refractivity contribution in [1.29, 1.82) is 0 Å². The molecule has 0 spiro atoms. The number of halogens is 1. The second-order valence-electron chi connectivity index (χ2n) is 9.62. The highest BCUT2D eigenvalue weighted by Gasteiger charge is 2.48. The summed E-state index contributed by atoms with van der Waals surface area (Å²) in [5, 5.41) is 6.36. The van der Waals surface area contributed by atoms with Crippen molar-refractivity contribution < 1.29 is 23.4 Å². The van der Waals surface area contributed by atoms with E-state index in [1.54, 1.807) is 24.4 Å². The van der Waals surface area contributed by atoms with Gasteiger partial charge in [-0.2, -0.15) is 0 Å². The van der Waals surface area contributed by atoms with Crippen molar-refractivity contribution in [3.05, 3.63) is 59.7 Å². The SMILES string of the molecule is COc1c(F)cccc1Nc1c(-c2ccnc3ccc(OCC4COC4)nc23)[nH]c2c1C(=O)N[C@H]1C[C@@H]21. The minimum absolute atomic E-state index is 0.0669. The first kappa shape index (κ1) is 22.1. The maximum atomic E-state index is 14.5. The molecule has 3 aromatic heterocycles. The summed E-state index contributed by atoms with van der Waals surface area (Å²) in [6, 6.07) is 10.3. The van der Waals surface area contributed by atoms with Crippen LogP contribution in [-0.2, 0) is 4.74 Å². The number of carbonyl (C=O) groups is 1. The number of hydrogen-bond acceptors (Lipinski definition) is 7. The normalized spacial score (nSPS) is 20.0. The number of methoxy groups -OCH3 is 1. The number of para-hydroxylation sites is 1. The van der Waals surface area contributed by atoms with Crippen LogP contribution in [0.2, 0.25) is 0 Å². The van der Waals surface area contributed by atoms with Crippen molar-refractivity contribution in [1.82, 2.24) is 20.3 Å². The first-order valence-electron chi connectivity index (χ1n) is 12.2. The number of pyridine rings is 2. The van der Waals surface area contributed by atoms with Gasteiger partial charge in [0, 0.05) is 41.4 Å². The molecule has 2 atom stereocenters. The number of ether oxygens (including phenoxy) is 3. The van der Waals surface area contributed by atoms with Gasteiger partial charge in [0.1, 0.15) is 5.52 Å². The molecular weight excluding hydrogens is 477 g/mol. The zero-order valence-corrected chi connectivity index (χ0v) is 20.0. The summed E-state index contributed by atoms with van der Waals surface area (Å²) < 4.78 is 31.0. The average molecular weight is 502 g/mol. The molecule has 1 aromatic carbocycles. The standard InChI is InChI=1S/C27H24FN5O4/c1-35-26-16(28)3-2-4-18(26)30-25-21-23(15-9-19(15)31-27(21)34)33-24(25)14-7-8-29-17-5-6-20(32-22(14)17)37-12-13-10-36-11-13/h2-8,13,15,19,30,33H,9-12H2,1H3,(H,31,34)/t15-,19+/m1/s1. The molecule has 188 valence electrons. The van der Waals surface area contributed by atoms with Crippen LogP contribution in [0.1, 0.15) is 28.4 Å². The number of aromatic amines is 1. The molecule has 5 heterocycles. The lowest BCUT2D eigenvalue weighted by Gasteiger charge is -2.25. The monoisotopic (exact) mass is 501 g/mol. The Morgan fingerprint density at radius 3 is 2.92 bits per heavy atom. The van der Waals surface area contributed by atoms with Crippen molar-refractivity contribution >= 4 is 28.3 Å². The van der Waals surface area contributed by atoms with Crippen LogP contribution in [0.15, 0.2) is 42.6 Å². The number of nitrogens with zero attached hydrogens (tertiary/aromatic N) is 2. The number of fused-ring (bicyclic) bond motifs is 4. The highest BCUT2D eigenvalue weighted by molar-refractivity contribution is 6.09. The minimum Gasteiger partial charge on any atom is -0.492 e. The molecule has 1 saturated carbocycles. The van der Waals surface area contributed by atoms with Crippen molar-refractivity contribution in [2.45, 2.75) is 18.4 Å². The van der Waals surface area contributed by atoms with Crippen molar-refractivity contribution in [3.8, 4) is 22.9 Å². The molecule has 1 saturated heterocycles. The Morgan fingerprint density at radius 1 is 1.22 bits per heavy atom.